The van der Waals surface area contributed by atoms with Crippen LogP contribution in [0.2, 0.25) is 0 Å². The third kappa shape index (κ3) is 3.77. The number of piperidine rings is 1. The maximum Gasteiger partial charge on any atom is 0.273 e. The molecule has 0 bridgehead atoms. The van der Waals surface area contributed by atoms with Gasteiger partial charge >= 0.3 is 0 Å². The smallest absolute Gasteiger partial charge is 0.273 e. The van der Waals surface area contributed by atoms with E-state index in [4.69, 9.17) is 0 Å². The summed E-state index contributed by atoms with van der Waals surface area (Å²) in [5, 5.41) is 14.5. The van der Waals surface area contributed by atoms with E-state index in [1.54, 1.807) is 16.6 Å². The molecule has 144 valence electrons. The summed E-state index contributed by atoms with van der Waals surface area (Å²) in [6, 6.07) is 5.46. The zero-order valence-corrected chi connectivity index (χ0v) is 16.1. The van der Waals surface area contributed by atoms with Crippen molar-refractivity contribution in [1.82, 2.24) is 35.1 Å². The molecule has 8 nitrogen and oxygen atoms in total. The van der Waals surface area contributed by atoms with Crippen LogP contribution in [-0.4, -0.2) is 42.9 Å². The maximum atomic E-state index is 11.7. The number of aryl methyl sites for hydroxylation is 2. The lowest BCUT2D eigenvalue weighted by Crippen LogP contribution is -2.21. The molecule has 0 radical (unpaired) electrons. The van der Waals surface area contributed by atoms with Crippen LogP contribution < -0.4 is 10.9 Å². The van der Waals surface area contributed by atoms with E-state index in [0.29, 0.717) is 16.6 Å². The van der Waals surface area contributed by atoms with E-state index in [9.17, 15) is 4.79 Å². The van der Waals surface area contributed by atoms with Gasteiger partial charge in [0.15, 0.2) is 5.65 Å². The third-order valence-corrected chi connectivity index (χ3v) is 4.72. The van der Waals surface area contributed by atoms with Crippen LogP contribution in [-0.2, 0) is 0 Å². The van der Waals surface area contributed by atoms with Gasteiger partial charge in [0.25, 0.3) is 5.56 Å². The number of nitrogens with one attached hydrogen (secondary N) is 2. The molecule has 5 heterocycles. The third-order valence-electron chi connectivity index (χ3n) is 4.72. The maximum absolute atomic E-state index is 11.7. The Hall–Kier alpha value is -3.13. The molecule has 0 aliphatic carbocycles. The van der Waals surface area contributed by atoms with Crippen LogP contribution in [0.1, 0.15) is 30.5 Å². The summed E-state index contributed by atoms with van der Waals surface area (Å²) in [4.78, 5) is 20.6. The fourth-order valence-electron chi connectivity index (χ4n) is 3.29. The number of H-pyrrole nitrogens is 1. The van der Waals surface area contributed by atoms with E-state index in [0.717, 1.165) is 22.6 Å². The van der Waals surface area contributed by atoms with Crippen LogP contribution in [0.25, 0.3) is 27.9 Å². The number of pyridine rings is 1. The fourth-order valence-corrected chi connectivity index (χ4v) is 3.29. The Morgan fingerprint density at radius 1 is 1.04 bits per heavy atom. The van der Waals surface area contributed by atoms with Crippen molar-refractivity contribution in [2.75, 3.05) is 13.1 Å². The van der Waals surface area contributed by atoms with Crippen LogP contribution >= 0.6 is 0 Å². The Morgan fingerprint density at radius 2 is 1.86 bits per heavy atom. The summed E-state index contributed by atoms with van der Waals surface area (Å²) in [6.07, 6.45) is 7.62. The average Bonchev–Trinajstić information content (AvgIpc) is 3.11. The van der Waals surface area contributed by atoms with Crippen molar-refractivity contribution in [1.29, 1.82) is 0 Å². The Balaban J connectivity index is 0.000000275. The van der Waals surface area contributed by atoms with E-state index in [1.165, 1.54) is 38.5 Å². The predicted molar refractivity (Wildman–Crippen MR) is 108 cm³/mol. The Bertz CT molecular complexity index is 1160. The summed E-state index contributed by atoms with van der Waals surface area (Å²) >= 11 is 0. The summed E-state index contributed by atoms with van der Waals surface area (Å²) in [5.41, 5.74) is 4.48. The van der Waals surface area contributed by atoms with Gasteiger partial charge in [0.05, 0.1) is 34.7 Å². The van der Waals surface area contributed by atoms with E-state index in [2.05, 4.69) is 30.6 Å². The lowest BCUT2D eigenvalue weighted by atomic mass is 10.2. The highest BCUT2D eigenvalue weighted by Crippen LogP contribution is 2.20. The van der Waals surface area contributed by atoms with Gasteiger partial charge in [0.2, 0.25) is 0 Å². The largest absolute Gasteiger partial charge is 0.317 e. The van der Waals surface area contributed by atoms with Crippen molar-refractivity contribution >= 4 is 16.6 Å². The molecule has 1 saturated heterocycles. The highest BCUT2D eigenvalue weighted by molar-refractivity contribution is 5.79. The molecule has 1 aliphatic heterocycles. The molecule has 8 heteroatoms. The highest BCUT2D eigenvalue weighted by Gasteiger charge is 2.10. The van der Waals surface area contributed by atoms with Gasteiger partial charge in [-0.3, -0.25) is 4.79 Å². The summed E-state index contributed by atoms with van der Waals surface area (Å²) in [5.74, 6) is 0. The number of hydrogen-bond acceptors (Lipinski definition) is 6. The molecule has 0 atom stereocenters. The fraction of sp³-hybridized carbons (Fsp3) is 0.350. The molecule has 0 aromatic carbocycles. The second-order valence-corrected chi connectivity index (χ2v) is 7.00. The molecule has 4 aromatic rings. The summed E-state index contributed by atoms with van der Waals surface area (Å²) in [7, 11) is 0. The molecule has 0 unspecified atom stereocenters. The normalized spacial score (nSPS) is 14.1. The minimum Gasteiger partial charge on any atom is -0.317 e. The van der Waals surface area contributed by atoms with Crippen LogP contribution in [0, 0.1) is 13.8 Å². The number of aromatic nitrogens is 6. The van der Waals surface area contributed by atoms with E-state index >= 15 is 0 Å². The van der Waals surface area contributed by atoms with Crippen molar-refractivity contribution in [2.45, 2.75) is 33.1 Å². The van der Waals surface area contributed by atoms with Gasteiger partial charge in [-0.05, 0) is 63.5 Å². The molecular formula is C20H23N7O. The van der Waals surface area contributed by atoms with Crippen molar-refractivity contribution in [3.05, 3.63) is 52.2 Å². The van der Waals surface area contributed by atoms with E-state index < -0.39 is 0 Å². The molecule has 0 amide bonds. The van der Waals surface area contributed by atoms with Gasteiger partial charge in [0, 0.05) is 0 Å². The van der Waals surface area contributed by atoms with Crippen LogP contribution in [0.3, 0.4) is 0 Å². The predicted octanol–water partition coefficient (Wildman–Crippen LogP) is 2.40. The lowest BCUT2D eigenvalue weighted by molar-refractivity contribution is 0.520. The molecule has 4 aromatic heterocycles. The standard InChI is InChI=1S/C15H12N6O.C5H11N/c1-8-5-12(20-21-7-9(2)17-14(8)21)11-4-3-10-13(18-11)6-16-19-15(10)22;1-2-4-6-5-3-1/h3-7H,1-2H3,(H,19,22);6H,1-5H2. The molecule has 1 fully saturated rings. The SMILES string of the molecule is C1CCNCC1.Cc1cn2nc(-c3ccc4c(=O)[nH]ncc4n3)cc(C)c2n1. The van der Waals surface area contributed by atoms with Gasteiger partial charge in [-0.25, -0.2) is 19.6 Å². The number of fused-ring (bicyclic) bond motifs is 2. The molecule has 2 N–H and O–H groups in total. The van der Waals surface area contributed by atoms with Gasteiger partial charge in [-0.15, -0.1) is 0 Å². The van der Waals surface area contributed by atoms with Crippen molar-refractivity contribution in [3.8, 4) is 11.4 Å². The molecule has 0 spiro atoms. The van der Waals surface area contributed by atoms with E-state index in [-0.39, 0.29) is 5.56 Å². The number of rotatable bonds is 1. The number of nitrogens with zero attached hydrogens (tertiary/aromatic N) is 5. The molecule has 28 heavy (non-hydrogen) atoms. The topological polar surface area (TPSA) is 101 Å². The quantitative estimate of drug-likeness (QED) is 0.528. The molecule has 5 rings (SSSR count). The first-order valence-corrected chi connectivity index (χ1v) is 9.51. The van der Waals surface area contributed by atoms with Crippen LogP contribution in [0.4, 0.5) is 0 Å². The Morgan fingerprint density at radius 3 is 2.57 bits per heavy atom. The first-order chi connectivity index (χ1) is 13.6. The second kappa shape index (κ2) is 7.85. The van der Waals surface area contributed by atoms with Crippen LogP contribution in [0.5, 0.6) is 0 Å². The minimum atomic E-state index is -0.249. The van der Waals surface area contributed by atoms with Gasteiger partial charge < -0.3 is 5.32 Å². The lowest BCUT2D eigenvalue weighted by Gasteiger charge is -2.08. The zero-order chi connectivity index (χ0) is 19.5. The second-order valence-electron chi connectivity index (χ2n) is 7.00. The first-order valence-electron chi connectivity index (χ1n) is 9.51. The van der Waals surface area contributed by atoms with Crippen molar-refractivity contribution in [3.63, 3.8) is 0 Å². The molecule has 1 aliphatic rings. The number of aromatic amines is 1. The Kier molecular flexibility index (Phi) is 5.12. The van der Waals surface area contributed by atoms with Gasteiger partial charge in [-0.2, -0.15) is 10.2 Å². The minimum absolute atomic E-state index is 0.249. The number of hydrogen-bond donors (Lipinski definition) is 2. The highest BCUT2D eigenvalue weighted by atomic mass is 16.1. The van der Waals surface area contributed by atoms with Gasteiger partial charge in [-0.1, -0.05) is 6.42 Å². The monoisotopic (exact) mass is 377 g/mol. The van der Waals surface area contributed by atoms with Gasteiger partial charge in [0.1, 0.15) is 5.69 Å². The molecule has 0 saturated carbocycles. The zero-order valence-electron chi connectivity index (χ0n) is 16.1. The molecular weight excluding hydrogens is 354 g/mol. The summed E-state index contributed by atoms with van der Waals surface area (Å²) in [6.45, 7) is 6.42. The van der Waals surface area contributed by atoms with E-state index in [1.807, 2.05) is 26.1 Å². The van der Waals surface area contributed by atoms with Crippen molar-refractivity contribution in [2.24, 2.45) is 0 Å². The average molecular weight is 377 g/mol. The first kappa shape index (κ1) is 18.2. The van der Waals surface area contributed by atoms with Crippen molar-refractivity contribution < 1.29 is 0 Å². The number of imidazole rings is 1. The summed E-state index contributed by atoms with van der Waals surface area (Å²) < 4.78 is 1.75. The van der Waals surface area contributed by atoms with Crippen LogP contribution in [0.15, 0.2) is 35.4 Å². The Labute approximate surface area is 162 Å².